The first-order valence-corrected chi connectivity index (χ1v) is 8.65. The van der Waals surface area contributed by atoms with Crippen LogP contribution in [0.2, 0.25) is 0 Å². The molecule has 4 nitrogen and oxygen atoms in total. The maximum Gasteiger partial charge on any atom is 0.344 e. The zero-order valence-electron chi connectivity index (χ0n) is 14.9. The van der Waals surface area contributed by atoms with Gasteiger partial charge in [0.2, 0.25) is 0 Å². The fourth-order valence-electron chi connectivity index (χ4n) is 2.99. The Morgan fingerprint density at radius 3 is 2.46 bits per heavy atom. The molecule has 2 aromatic carbocycles. The highest BCUT2D eigenvalue weighted by atomic mass is 16.4. The van der Waals surface area contributed by atoms with Crippen LogP contribution in [0.1, 0.15) is 19.4 Å². The minimum Gasteiger partial charge on any atom is -0.422 e. The van der Waals surface area contributed by atoms with Gasteiger partial charge < -0.3 is 9.32 Å². The third-order valence-corrected chi connectivity index (χ3v) is 4.42. The highest BCUT2D eigenvalue weighted by Crippen LogP contribution is 2.25. The van der Waals surface area contributed by atoms with Crippen LogP contribution >= 0.6 is 0 Å². The lowest BCUT2D eigenvalue weighted by molar-refractivity contribution is 0.563. The molecule has 0 unspecified atom stereocenters. The van der Waals surface area contributed by atoms with Crippen LogP contribution in [0.25, 0.3) is 28.2 Å². The summed E-state index contributed by atoms with van der Waals surface area (Å²) in [6.07, 6.45) is 3.15. The maximum absolute atomic E-state index is 12.5. The van der Waals surface area contributed by atoms with Crippen LogP contribution in [0.4, 0.5) is 5.69 Å². The molecular formula is C22H20N2O2. The molecule has 3 rings (SSSR count). The molecule has 0 saturated carbocycles. The lowest BCUT2D eigenvalue weighted by Crippen LogP contribution is -2.21. The van der Waals surface area contributed by atoms with Crippen molar-refractivity contribution in [2.75, 3.05) is 18.0 Å². The molecule has 0 radical (unpaired) electrons. The highest BCUT2D eigenvalue weighted by molar-refractivity contribution is 5.84. The van der Waals surface area contributed by atoms with Gasteiger partial charge in [-0.15, -0.1) is 0 Å². The molecule has 3 aromatic rings. The number of anilines is 1. The van der Waals surface area contributed by atoms with E-state index in [1.165, 1.54) is 6.08 Å². The third kappa shape index (κ3) is 3.52. The van der Waals surface area contributed by atoms with Crippen LogP contribution in [0.15, 0.2) is 63.8 Å². The fourth-order valence-corrected chi connectivity index (χ4v) is 2.99. The second kappa shape index (κ2) is 7.71. The molecule has 0 saturated heterocycles. The smallest absolute Gasteiger partial charge is 0.344 e. The van der Waals surface area contributed by atoms with Gasteiger partial charge in [0.05, 0.1) is 11.6 Å². The first-order valence-electron chi connectivity index (χ1n) is 8.65. The molecule has 0 bridgehead atoms. The molecule has 0 N–H and O–H groups in total. The van der Waals surface area contributed by atoms with Gasteiger partial charge in [-0.1, -0.05) is 24.3 Å². The van der Waals surface area contributed by atoms with Gasteiger partial charge in [0.15, 0.2) is 0 Å². The Morgan fingerprint density at radius 1 is 1.08 bits per heavy atom. The van der Waals surface area contributed by atoms with Crippen LogP contribution in [0.5, 0.6) is 0 Å². The van der Waals surface area contributed by atoms with E-state index in [-0.39, 0.29) is 5.63 Å². The second-order valence-electron chi connectivity index (χ2n) is 5.93. The Bertz CT molecular complexity index is 1040. The minimum atomic E-state index is -0.352. The Hall–Kier alpha value is -3.32. The third-order valence-electron chi connectivity index (χ3n) is 4.42. The number of rotatable bonds is 5. The molecule has 1 aromatic heterocycles. The molecule has 1 heterocycles. The zero-order valence-corrected chi connectivity index (χ0v) is 14.9. The number of nitrogens with zero attached hydrogens (tertiary/aromatic N) is 2. The van der Waals surface area contributed by atoms with Gasteiger partial charge in [-0.2, -0.15) is 5.26 Å². The van der Waals surface area contributed by atoms with Crippen LogP contribution < -0.4 is 10.5 Å². The van der Waals surface area contributed by atoms with E-state index < -0.39 is 0 Å². The Kier molecular flexibility index (Phi) is 5.19. The Morgan fingerprint density at radius 2 is 1.81 bits per heavy atom. The van der Waals surface area contributed by atoms with Crippen molar-refractivity contribution in [2.45, 2.75) is 13.8 Å². The van der Waals surface area contributed by atoms with E-state index in [1.807, 2.05) is 48.5 Å². The average Bonchev–Trinajstić information content (AvgIpc) is 2.67. The lowest BCUT2D eigenvalue weighted by Gasteiger charge is -2.21. The fraction of sp³-hybridized carbons (Fsp3) is 0.182. The SMILES string of the molecule is CCN(CC)c1ccc2cc(-c3ccc(/C=C/C#N)cc3)c(=O)oc2c1. The highest BCUT2D eigenvalue weighted by Gasteiger charge is 2.10. The summed E-state index contributed by atoms with van der Waals surface area (Å²) in [6, 6.07) is 17.3. The number of hydrogen-bond acceptors (Lipinski definition) is 4. The molecule has 130 valence electrons. The molecule has 4 heteroatoms. The predicted molar refractivity (Wildman–Crippen MR) is 106 cm³/mol. The van der Waals surface area contributed by atoms with Gasteiger partial charge in [0.1, 0.15) is 5.58 Å². The van der Waals surface area contributed by atoms with Crippen LogP contribution in [-0.4, -0.2) is 13.1 Å². The summed E-state index contributed by atoms with van der Waals surface area (Å²) < 4.78 is 5.58. The molecule has 0 aliphatic carbocycles. The van der Waals surface area contributed by atoms with Gasteiger partial charge in [-0.25, -0.2) is 4.79 Å². The van der Waals surface area contributed by atoms with Crippen molar-refractivity contribution in [2.24, 2.45) is 0 Å². The van der Waals surface area contributed by atoms with Gasteiger partial charge in [-0.3, -0.25) is 0 Å². The molecule has 0 aliphatic rings. The van der Waals surface area contributed by atoms with Crippen molar-refractivity contribution in [3.63, 3.8) is 0 Å². The van der Waals surface area contributed by atoms with Crippen molar-refractivity contribution in [1.82, 2.24) is 0 Å². The van der Waals surface area contributed by atoms with Crippen molar-refractivity contribution >= 4 is 22.7 Å². The number of allylic oxidation sites excluding steroid dienone is 1. The van der Waals surface area contributed by atoms with Crippen LogP contribution in [-0.2, 0) is 0 Å². The monoisotopic (exact) mass is 344 g/mol. The number of hydrogen-bond donors (Lipinski definition) is 0. The van der Waals surface area contributed by atoms with E-state index in [4.69, 9.17) is 9.68 Å². The topological polar surface area (TPSA) is 57.2 Å². The number of benzene rings is 2. The molecule has 0 spiro atoms. The van der Waals surface area contributed by atoms with E-state index in [0.717, 1.165) is 35.3 Å². The quantitative estimate of drug-likeness (QED) is 0.491. The first-order chi connectivity index (χ1) is 12.7. The van der Waals surface area contributed by atoms with Crippen molar-refractivity contribution in [3.05, 3.63) is 70.6 Å². The number of nitriles is 1. The van der Waals surface area contributed by atoms with Gasteiger partial charge >= 0.3 is 5.63 Å². The maximum atomic E-state index is 12.5. The predicted octanol–water partition coefficient (Wildman–Crippen LogP) is 4.84. The van der Waals surface area contributed by atoms with Gasteiger partial charge in [0, 0.05) is 36.3 Å². The molecule has 0 fully saturated rings. The van der Waals surface area contributed by atoms with Crippen molar-refractivity contribution in [3.8, 4) is 17.2 Å². The Labute approximate surface area is 152 Å². The second-order valence-corrected chi connectivity index (χ2v) is 5.93. The summed E-state index contributed by atoms with van der Waals surface area (Å²) in [7, 11) is 0. The van der Waals surface area contributed by atoms with Gasteiger partial charge in [-0.05, 0) is 49.2 Å². The summed E-state index contributed by atoms with van der Waals surface area (Å²) in [5.41, 5.74) is 3.52. The van der Waals surface area contributed by atoms with E-state index in [9.17, 15) is 4.79 Å². The van der Waals surface area contributed by atoms with E-state index in [1.54, 1.807) is 6.08 Å². The van der Waals surface area contributed by atoms with Crippen molar-refractivity contribution < 1.29 is 4.42 Å². The largest absolute Gasteiger partial charge is 0.422 e. The van der Waals surface area contributed by atoms with Gasteiger partial charge in [0.25, 0.3) is 0 Å². The minimum absolute atomic E-state index is 0.352. The lowest BCUT2D eigenvalue weighted by atomic mass is 10.0. The van der Waals surface area contributed by atoms with E-state index in [2.05, 4.69) is 24.8 Å². The molecular weight excluding hydrogens is 324 g/mol. The molecule has 0 atom stereocenters. The number of fused-ring (bicyclic) bond motifs is 1. The summed E-state index contributed by atoms with van der Waals surface area (Å²) in [6.45, 7) is 6.00. The summed E-state index contributed by atoms with van der Waals surface area (Å²) in [5, 5.41) is 9.48. The summed E-state index contributed by atoms with van der Waals surface area (Å²) in [5.74, 6) is 0. The summed E-state index contributed by atoms with van der Waals surface area (Å²) >= 11 is 0. The normalized spacial score (nSPS) is 11.0. The first kappa shape index (κ1) is 17.5. The Balaban J connectivity index is 2.01. The van der Waals surface area contributed by atoms with Crippen molar-refractivity contribution in [1.29, 1.82) is 5.26 Å². The molecule has 0 amide bonds. The van der Waals surface area contributed by atoms with Crippen LogP contribution in [0.3, 0.4) is 0 Å². The standard InChI is InChI=1S/C22H20N2O2/c1-3-24(4-2)19-12-11-18-14-20(22(25)26-21(18)15-19)17-9-7-16(8-10-17)6-5-13-23/h5-12,14-15H,3-4H2,1-2H3/b6-5+. The van der Waals surface area contributed by atoms with Crippen LogP contribution in [0, 0.1) is 11.3 Å². The average molecular weight is 344 g/mol. The zero-order chi connectivity index (χ0) is 18.5. The van der Waals surface area contributed by atoms with E-state index in [0.29, 0.717) is 11.1 Å². The molecule has 26 heavy (non-hydrogen) atoms. The van der Waals surface area contributed by atoms with E-state index >= 15 is 0 Å². The summed E-state index contributed by atoms with van der Waals surface area (Å²) in [4.78, 5) is 14.7. The molecule has 0 aliphatic heterocycles.